The summed E-state index contributed by atoms with van der Waals surface area (Å²) in [6, 6.07) is 15.9. The molecule has 11 nitrogen and oxygen atoms in total. The lowest BCUT2D eigenvalue weighted by Crippen LogP contribution is -2.49. The highest BCUT2D eigenvalue weighted by Gasteiger charge is 2.24. The molecule has 1 saturated carbocycles. The monoisotopic (exact) mass is 737 g/mol. The predicted octanol–water partition coefficient (Wildman–Crippen LogP) is 4.58. The van der Waals surface area contributed by atoms with Crippen molar-refractivity contribution in [3.63, 3.8) is 0 Å². The summed E-state index contributed by atoms with van der Waals surface area (Å²) in [5.74, 6) is -0.365. The standard InChI is InChI=1S/C39H52FN7O4.ClH/c1-27(2)43-37(48)26-46-14-12-45(13-15-46)24-28-6-11-35(30(20-28)25-47-16-18-50-19-17-47)29-4-3-5-34(21-29)51-39-36(22-31(40)23-42-39)38(49)44-33-9-7-32(41)8-10-33;/h3-6,11,20-23,27,32-33H,7-10,12-19,24-26,41H2,1-2H3,(H,43,48)(H,44,49);1H/t32-,33-;. The summed E-state index contributed by atoms with van der Waals surface area (Å²) in [4.78, 5) is 36.8. The van der Waals surface area contributed by atoms with Gasteiger partial charge in [-0.1, -0.05) is 30.3 Å². The van der Waals surface area contributed by atoms with Crippen LogP contribution >= 0.6 is 12.4 Å². The van der Waals surface area contributed by atoms with Crippen LogP contribution in [0.3, 0.4) is 0 Å². The van der Waals surface area contributed by atoms with Gasteiger partial charge in [0.15, 0.2) is 0 Å². The lowest BCUT2D eigenvalue weighted by atomic mass is 9.91. The third kappa shape index (κ3) is 11.2. The van der Waals surface area contributed by atoms with Crippen molar-refractivity contribution in [2.24, 2.45) is 5.73 Å². The Bertz CT molecular complexity index is 1640. The van der Waals surface area contributed by atoms with Crippen molar-refractivity contribution in [3.05, 3.63) is 77.2 Å². The van der Waals surface area contributed by atoms with Crippen LogP contribution in [0.1, 0.15) is 61.0 Å². The first kappa shape index (κ1) is 39.6. The molecule has 52 heavy (non-hydrogen) atoms. The topological polar surface area (TPSA) is 125 Å². The Hall–Kier alpha value is -3.65. The van der Waals surface area contributed by atoms with Gasteiger partial charge in [-0.15, -0.1) is 12.4 Å². The van der Waals surface area contributed by atoms with Crippen molar-refractivity contribution >= 4 is 24.2 Å². The molecule has 0 bridgehead atoms. The first-order valence-electron chi connectivity index (χ1n) is 18.3. The number of hydrogen-bond donors (Lipinski definition) is 3. The Labute approximate surface area is 312 Å². The molecular weight excluding hydrogens is 685 g/mol. The second-order valence-electron chi connectivity index (χ2n) is 14.4. The van der Waals surface area contributed by atoms with Gasteiger partial charge < -0.3 is 25.8 Å². The average Bonchev–Trinajstić information content (AvgIpc) is 3.11. The van der Waals surface area contributed by atoms with Crippen molar-refractivity contribution in [2.75, 3.05) is 59.0 Å². The van der Waals surface area contributed by atoms with E-state index < -0.39 is 11.7 Å². The molecule has 1 aromatic heterocycles. The van der Waals surface area contributed by atoms with Crippen LogP contribution in [0.4, 0.5) is 4.39 Å². The molecule has 2 saturated heterocycles. The van der Waals surface area contributed by atoms with Gasteiger partial charge in [0.25, 0.3) is 5.91 Å². The molecule has 1 aliphatic carbocycles. The van der Waals surface area contributed by atoms with E-state index in [4.69, 9.17) is 15.2 Å². The fourth-order valence-corrected chi connectivity index (χ4v) is 7.13. The molecule has 3 aromatic rings. The van der Waals surface area contributed by atoms with Gasteiger partial charge in [0.1, 0.15) is 17.1 Å². The Morgan fingerprint density at radius 1 is 0.942 bits per heavy atom. The molecule has 3 aliphatic rings. The Kier molecular flexibility index (Phi) is 14.4. The van der Waals surface area contributed by atoms with Gasteiger partial charge in [0.2, 0.25) is 11.8 Å². The smallest absolute Gasteiger partial charge is 0.257 e. The van der Waals surface area contributed by atoms with E-state index in [1.54, 1.807) is 0 Å². The Morgan fingerprint density at radius 3 is 2.38 bits per heavy atom. The number of carbonyl (C=O) groups is 2. The third-order valence-electron chi connectivity index (χ3n) is 9.88. The van der Waals surface area contributed by atoms with Crippen LogP contribution in [0.5, 0.6) is 11.6 Å². The van der Waals surface area contributed by atoms with E-state index in [0.29, 0.717) is 25.5 Å². The van der Waals surface area contributed by atoms with E-state index in [-0.39, 0.29) is 47.9 Å². The van der Waals surface area contributed by atoms with E-state index in [9.17, 15) is 14.0 Å². The fourth-order valence-electron chi connectivity index (χ4n) is 7.13. The van der Waals surface area contributed by atoms with Crippen molar-refractivity contribution < 1.29 is 23.5 Å². The molecule has 13 heteroatoms. The minimum absolute atomic E-state index is 0. The van der Waals surface area contributed by atoms with Crippen molar-refractivity contribution in [3.8, 4) is 22.8 Å². The molecule has 3 fully saturated rings. The van der Waals surface area contributed by atoms with E-state index in [1.807, 2.05) is 32.0 Å². The fraction of sp³-hybridized carbons (Fsp3) is 0.513. The van der Waals surface area contributed by atoms with Gasteiger partial charge in [-0.05, 0) is 80.0 Å². The summed E-state index contributed by atoms with van der Waals surface area (Å²) in [6.45, 7) is 12.7. The normalized spacial score (nSPS) is 20.2. The maximum absolute atomic E-state index is 14.3. The first-order chi connectivity index (χ1) is 24.7. The van der Waals surface area contributed by atoms with Gasteiger partial charge in [0, 0.05) is 70.5 Å². The second kappa shape index (κ2) is 18.9. The zero-order chi connectivity index (χ0) is 35.7. The maximum Gasteiger partial charge on any atom is 0.257 e. The van der Waals surface area contributed by atoms with Crippen molar-refractivity contribution in [1.82, 2.24) is 30.3 Å². The number of carbonyl (C=O) groups excluding carboxylic acids is 2. The molecule has 6 rings (SSSR count). The van der Waals surface area contributed by atoms with Crippen molar-refractivity contribution in [1.29, 1.82) is 0 Å². The molecular formula is C39H53ClFN7O4. The number of nitrogens with zero attached hydrogens (tertiary/aromatic N) is 4. The van der Waals surface area contributed by atoms with Crippen molar-refractivity contribution in [2.45, 2.75) is 70.7 Å². The van der Waals surface area contributed by atoms with Gasteiger partial charge in [-0.2, -0.15) is 0 Å². The highest BCUT2D eigenvalue weighted by molar-refractivity contribution is 5.96. The largest absolute Gasteiger partial charge is 0.438 e. The SMILES string of the molecule is CC(C)NC(=O)CN1CCN(Cc2ccc(-c3cccc(Oc4ncc(F)cc4C(=O)N[C@H]4CC[C@H](N)CC4)c3)c(CN3CCOCC3)c2)CC1.Cl. The second-order valence-corrected chi connectivity index (χ2v) is 14.4. The van der Waals surface area contributed by atoms with Gasteiger partial charge in [-0.25, -0.2) is 9.37 Å². The Morgan fingerprint density at radius 2 is 1.65 bits per heavy atom. The number of ether oxygens (including phenoxy) is 2. The summed E-state index contributed by atoms with van der Waals surface area (Å²) in [6.07, 6.45) is 4.32. The lowest BCUT2D eigenvalue weighted by Gasteiger charge is -2.34. The summed E-state index contributed by atoms with van der Waals surface area (Å²) in [5.41, 5.74) is 10.6. The predicted molar refractivity (Wildman–Crippen MR) is 202 cm³/mol. The first-order valence-corrected chi connectivity index (χ1v) is 18.3. The minimum Gasteiger partial charge on any atom is -0.438 e. The summed E-state index contributed by atoms with van der Waals surface area (Å²) >= 11 is 0. The zero-order valence-electron chi connectivity index (χ0n) is 30.3. The number of piperazine rings is 1. The van der Waals surface area contributed by atoms with Gasteiger partial charge in [0.05, 0.1) is 26.0 Å². The van der Waals surface area contributed by atoms with Crippen LogP contribution in [0.2, 0.25) is 0 Å². The quantitative estimate of drug-likeness (QED) is 0.245. The molecule has 0 unspecified atom stereocenters. The van der Waals surface area contributed by atoms with Crippen LogP contribution in [0, 0.1) is 5.82 Å². The summed E-state index contributed by atoms with van der Waals surface area (Å²) < 4.78 is 26.2. The molecule has 0 spiro atoms. The van der Waals surface area contributed by atoms with E-state index >= 15 is 0 Å². The maximum atomic E-state index is 14.3. The minimum atomic E-state index is -0.601. The molecule has 4 N–H and O–H groups in total. The van der Waals surface area contributed by atoms with Gasteiger partial charge in [-0.3, -0.25) is 24.3 Å². The molecule has 2 aliphatic heterocycles. The molecule has 3 heterocycles. The number of pyridine rings is 1. The molecule has 2 amide bonds. The molecule has 282 valence electrons. The average molecular weight is 738 g/mol. The number of nitrogens with one attached hydrogen (secondary N) is 2. The Balaban J connectivity index is 0.00000523. The highest BCUT2D eigenvalue weighted by Crippen LogP contribution is 2.32. The van der Waals surface area contributed by atoms with Crippen LogP contribution in [0.15, 0.2) is 54.7 Å². The number of nitrogens with two attached hydrogens (primary N) is 1. The lowest BCUT2D eigenvalue weighted by molar-refractivity contribution is -0.123. The van der Waals surface area contributed by atoms with E-state index in [1.165, 1.54) is 17.2 Å². The summed E-state index contributed by atoms with van der Waals surface area (Å²) in [7, 11) is 0. The van der Waals surface area contributed by atoms with Crippen LogP contribution < -0.4 is 21.1 Å². The van der Waals surface area contributed by atoms with Crippen LogP contribution in [-0.2, 0) is 22.6 Å². The number of amides is 2. The number of halogens is 2. The van der Waals surface area contributed by atoms with Crippen LogP contribution in [0.25, 0.3) is 11.1 Å². The van der Waals surface area contributed by atoms with E-state index in [0.717, 1.165) is 95.4 Å². The number of morpholine rings is 1. The molecule has 0 atom stereocenters. The number of hydrogen-bond acceptors (Lipinski definition) is 9. The highest BCUT2D eigenvalue weighted by atomic mass is 35.5. The van der Waals surface area contributed by atoms with Crippen LogP contribution in [-0.4, -0.2) is 109 Å². The molecule has 0 radical (unpaired) electrons. The third-order valence-corrected chi connectivity index (χ3v) is 9.88. The van der Waals surface area contributed by atoms with Gasteiger partial charge >= 0.3 is 0 Å². The zero-order valence-corrected chi connectivity index (χ0v) is 31.1. The number of benzene rings is 2. The summed E-state index contributed by atoms with van der Waals surface area (Å²) in [5, 5.41) is 6.01. The number of rotatable bonds is 12. The number of aromatic nitrogens is 1. The van der Waals surface area contributed by atoms with E-state index in [2.05, 4.69) is 54.6 Å². The molecule has 2 aromatic carbocycles.